The van der Waals surface area contributed by atoms with Crippen LogP contribution >= 0.6 is 11.3 Å². The molecule has 0 fully saturated rings. The molecule has 1 aromatic carbocycles. The van der Waals surface area contributed by atoms with Crippen LogP contribution in [-0.2, 0) is 0 Å². The van der Waals surface area contributed by atoms with Crippen molar-refractivity contribution in [3.63, 3.8) is 0 Å². The average Bonchev–Trinajstić information content (AvgIpc) is 2.99. The largest absolute Gasteiger partial charge is 0.497 e. The molecule has 1 heterocycles. The lowest BCUT2D eigenvalue weighted by molar-refractivity contribution is 0.413. The molecule has 2 aromatic rings. The van der Waals surface area contributed by atoms with Crippen LogP contribution in [0.2, 0.25) is 0 Å². The molecule has 2 rings (SSSR count). The van der Waals surface area contributed by atoms with E-state index in [1.807, 2.05) is 23.8 Å². The number of aromatic nitrogens is 1. The van der Waals surface area contributed by atoms with Crippen LogP contribution in [0.25, 0.3) is 0 Å². The highest BCUT2D eigenvalue weighted by Crippen LogP contribution is 2.25. The van der Waals surface area contributed by atoms with Gasteiger partial charge < -0.3 is 10.1 Å². The Morgan fingerprint density at radius 1 is 1.32 bits per heavy atom. The van der Waals surface area contributed by atoms with Gasteiger partial charge in [-0.15, -0.1) is 11.3 Å². The van der Waals surface area contributed by atoms with Gasteiger partial charge >= 0.3 is 0 Å². The Morgan fingerprint density at radius 3 is 2.58 bits per heavy atom. The molecule has 0 aliphatic heterocycles. The molecule has 2 atom stereocenters. The van der Waals surface area contributed by atoms with Gasteiger partial charge in [-0.1, -0.05) is 19.1 Å². The number of nitrogens with one attached hydrogen (secondary N) is 1. The quantitative estimate of drug-likeness (QED) is 0.867. The van der Waals surface area contributed by atoms with Gasteiger partial charge in [-0.2, -0.15) is 0 Å². The molecule has 0 saturated heterocycles. The van der Waals surface area contributed by atoms with E-state index in [2.05, 4.69) is 36.3 Å². The summed E-state index contributed by atoms with van der Waals surface area (Å²) >= 11 is 1.69. The van der Waals surface area contributed by atoms with Crippen molar-refractivity contribution in [2.45, 2.75) is 32.4 Å². The summed E-state index contributed by atoms with van der Waals surface area (Å²) in [6.07, 6.45) is 2.98. The zero-order valence-corrected chi connectivity index (χ0v) is 12.4. The fraction of sp³-hybridized carbons (Fsp3) is 0.400. The summed E-state index contributed by atoms with van der Waals surface area (Å²) in [6, 6.07) is 8.94. The molecule has 1 aromatic heterocycles. The van der Waals surface area contributed by atoms with Crippen LogP contribution in [0.5, 0.6) is 5.75 Å². The first kappa shape index (κ1) is 14.0. The maximum Gasteiger partial charge on any atom is 0.118 e. The van der Waals surface area contributed by atoms with Gasteiger partial charge in [0, 0.05) is 23.2 Å². The third kappa shape index (κ3) is 3.55. The minimum Gasteiger partial charge on any atom is -0.497 e. The number of methoxy groups -OCH3 is 1. The molecule has 0 amide bonds. The van der Waals surface area contributed by atoms with Crippen LogP contribution in [-0.4, -0.2) is 12.1 Å². The second-order valence-corrected chi connectivity index (χ2v) is 5.44. The predicted octanol–water partition coefficient (Wildman–Crippen LogP) is 3.95. The third-order valence-electron chi connectivity index (χ3n) is 3.26. The van der Waals surface area contributed by atoms with Gasteiger partial charge in [-0.25, -0.2) is 0 Å². The Labute approximate surface area is 118 Å². The molecule has 19 heavy (non-hydrogen) atoms. The van der Waals surface area contributed by atoms with Crippen molar-refractivity contribution in [2.75, 3.05) is 7.11 Å². The number of hydrogen-bond donors (Lipinski definition) is 1. The molecule has 2 unspecified atom stereocenters. The topological polar surface area (TPSA) is 34.2 Å². The SMILES string of the molecule is CCC(NC(C)c1cncs1)c1ccc(OC)cc1. The number of benzene rings is 1. The lowest BCUT2D eigenvalue weighted by Gasteiger charge is -2.22. The summed E-state index contributed by atoms with van der Waals surface area (Å²) in [6.45, 7) is 4.38. The van der Waals surface area contributed by atoms with Crippen molar-refractivity contribution in [3.05, 3.63) is 46.4 Å². The summed E-state index contributed by atoms with van der Waals surface area (Å²) < 4.78 is 5.20. The number of hydrogen-bond acceptors (Lipinski definition) is 4. The lowest BCUT2D eigenvalue weighted by Crippen LogP contribution is -2.23. The van der Waals surface area contributed by atoms with Crippen LogP contribution < -0.4 is 10.1 Å². The van der Waals surface area contributed by atoms with Crippen molar-refractivity contribution in [2.24, 2.45) is 0 Å². The number of nitrogens with zero attached hydrogens (tertiary/aromatic N) is 1. The maximum absolute atomic E-state index is 5.20. The standard InChI is InChI=1S/C15H20N2OS/c1-4-14(12-5-7-13(18-3)8-6-12)17-11(2)15-9-16-10-19-15/h5-11,14,17H,4H2,1-3H3. The van der Waals surface area contributed by atoms with Gasteiger partial charge in [0.15, 0.2) is 0 Å². The molecule has 3 nitrogen and oxygen atoms in total. The molecular weight excluding hydrogens is 256 g/mol. The predicted molar refractivity (Wildman–Crippen MR) is 79.7 cm³/mol. The number of ether oxygens (including phenoxy) is 1. The fourth-order valence-electron chi connectivity index (χ4n) is 2.11. The van der Waals surface area contributed by atoms with Gasteiger partial charge in [-0.3, -0.25) is 4.98 Å². The molecule has 0 bridgehead atoms. The third-order valence-corrected chi connectivity index (χ3v) is 4.21. The highest BCUT2D eigenvalue weighted by molar-refractivity contribution is 7.09. The highest BCUT2D eigenvalue weighted by Gasteiger charge is 2.14. The van der Waals surface area contributed by atoms with E-state index < -0.39 is 0 Å². The maximum atomic E-state index is 5.20. The van der Waals surface area contributed by atoms with E-state index in [0.717, 1.165) is 12.2 Å². The van der Waals surface area contributed by atoms with Gasteiger partial charge in [0.25, 0.3) is 0 Å². The Hall–Kier alpha value is -1.39. The zero-order chi connectivity index (χ0) is 13.7. The van der Waals surface area contributed by atoms with E-state index in [0.29, 0.717) is 12.1 Å². The van der Waals surface area contributed by atoms with Crippen LogP contribution in [0.1, 0.15) is 42.8 Å². The summed E-state index contributed by atoms with van der Waals surface area (Å²) in [5.74, 6) is 0.897. The fourth-order valence-corrected chi connectivity index (χ4v) is 2.75. The van der Waals surface area contributed by atoms with Crippen molar-refractivity contribution < 1.29 is 4.74 Å². The minimum atomic E-state index is 0.319. The van der Waals surface area contributed by atoms with Gasteiger partial charge in [0.1, 0.15) is 5.75 Å². The van der Waals surface area contributed by atoms with E-state index >= 15 is 0 Å². The van der Waals surface area contributed by atoms with E-state index in [1.165, 1.54) is 10.4 Å². The monoisotopic (exact) mass is 276 g/mol. The summed E-state index contributed by atoms with van der Waals surface area (Å²) in [4.78, 5) is 5.40. The molecule has 1 N–H and O–H groups in total. The van der Waals surface area contributed by atoms with Crippen molar-refractivity contribution in [3.8, 4) is 5.75 Å². The molecule has 4 heteroatoms. The Bertz CT molecular complexity index is 481. The Morgan fingerprint density at radius 2 is 2.05 bits per heavy atom. The van der Waals surface area contributed by atoms with Crippen molar-refractivity contribution in [1.82, 2.24) is 10.3 Å². The Balaban J connectivity index is 2.06. The molecule has 0 saturated carbocycles. The number of thiazole rings is 1. The van der Waals surface area contributed by atoms with Gasteiger partial charge in [0.2, 0.25) is 0 Å². The average molecular weight is 276 g/mol. The zero-order valence-electron chi connectivity index (χ0n) is 11.6. The molecule has 0 aliphatic carbocycles. The summed E-state index contributed by atoms with van der Waals surface area (Å²) in [5.41, 5.74) is 3.17. The lowest BCUT2D eigenvalue weighted by atomic mass is 10.0. The molecule has 0 spiro atoms. The first-order valence-corrected chi connectivity index (χ1v) is 7.41. The second kappa shape index (κ2) is 6.68. The molecule has 0 radical (unpaired) electrons. The first-order chi connectivity index (χ1) is 9.24. The van der Waals surface area contributed by atoms with Crippen molar-refractivity contribution >= 4 is 11.3 Å². The minimum absolute atomic E-state index is 0.319. The molecular formula is C15H20N2OS. The smallest absolute Gasteiger partial charge is 0.118 e. The normalized spacial score (nSPS) is 14.1. The second-order valence-electron chi connectivity index (χ2n) is 4.53. The van der Waals surface area contributed by atoms with E-state index in [4.69, 9.17) is 4.74 Å². The highest BCUT2D eigenvalue weighted by atomic mass is 32.1. The van der Waals surface area contributed by atoms with Crippen LogP contribution in [0, 0.1) is 0 Å². The van der Waals surface area contributed by atoms with E-state index in [1.54, 1.807) is 18.4 Å². The van der Waals surface area contributed by atoms with Crippen LogP contribution in [0.15, 0.2) is 36.0 Å². The van der Waals surface area contributed by atoms with E-state index in [-0.39, 0.29) is 0 Å². The molecule has 0 aliphatic rings. The van der Waals surface area contributed by atoms with E-state index in [9.17, 15) is 0 Å². The number of rotatable bonds is 6. The molecule has 102 valence electrons. The Kier molecular flexibility index (Phi) is 4.93. The first-order valence-electron chi connectivity index (χ1n) is 6.53. The van der Waals surface area contributed by atoms with Crippen LogP contribution in [0.4, 0.5) is 0 Å². The van der Waals surface area contributed by atoms with Crippen LogP contribution in [0.3, 0.4) is 0 Å². The summed E-state index contributed by atoms with van der Waals surface area (Å²) in [5, 5.41) is 3.65. The van der Waals surface area contributed by atoms with Crippen molar-refractivity contribution in [1.29, 1.82) is 0 Å². The summed E-state index contributed by atoms with van der Waals surface area (Å²) in [7, 11) is 1.69. The van der Waals surface area contributed by atoms with Gasteiger partial charge in [-0.05, 0) is 31.0 Å². The van der Waals surface area contributed by atoms with Gasteiger partial charge in [0.05, 0.1) is 12.6 Å².